The largest absolute Gasteiger partial charge is 0.365 e. The SMILES string of the molecule is CC(C)c1cc(NC2CN(C)C2)ncn1. The molecule has 0 bridgehead atoms. The number of nitrogens with one attached hydrogen (secondary N) is 1. The Kier molecular flexibility index (Phi) is 2.86. The van der Waals surface area contributed by atoms with E-state index in [1.165, 1.54) is 0 Å². The van der Waals surface area contributed by atoms with Gasteiger partial charge in [0.2, 0.25) is 0 Å². The lowest BCUT2D eigenvalue weighted by Gasteiger charge is -2.36. The fourth-order valence-corrected chi connectivity index (χ4v) is 1.77. The maximum absolute atomic E-state index is 4.24. The number of hydrogen-bond donors (Lipinski definition) is 1. The van der Waals surface area contributed by atoms with Gasteiger partial charge < -0.3 is 10.2 Å². The van der Waals surface area contributed by atoms with E-state index >= 15 is 0 Å². The van der Waals surface area contributed by atoms with E-state index in [4.69, 9.17) is 0 Å². The highest BCUT2D eigenvalue weighted by molar-refractivity contribution is 5.37. The van der Waals surface area contributed by atoms with Crippen LogP contribution in [0.5, 0.6) is 0 Å². The topological polar surface area (TPSA) is 41.0 Å². The summed E-state index contributed by atoms with van der Waals surface area (Å²) in [5, 5.41) is 3.41. The third-order valence-electron chi connectivity index (χ3n) is 2.70. The summed E-state index contributed by atoms with van der Waals surface area (Å²) in [5.41, 5.74) is 1.10. The molecule has 0 saturated carbocycles. The van der Waals surface area contributed by atoms with E-state index in [0.717, 1.165) is 24.6 Å². The Morgan fingerprint density at radius 1 is 1.40 bits per heavy atom. The highest BCUT2D eigenvalue weighted by Gasteiger charge is 2.23. The minimum absolute atomic E-state index is 0.456. The van der Waals surface area contributed by atoms with Crippen molar-refractivity contribution in [1.82, 2.24) is 14.9 Å². The van der Waals surface area contributed by atoms with E-state index < -0.39 is 0 Å². The van der Waals surface area contributed by atoms with E-state index in [0.29, 0.717) is 12.0 Å². The molecule has 4 nitrogen and oxygen atoms in total. The highest BCUT2D eigenvalue weighted by Crippen LogP contribution is 2.16. The van der Waals surface area contributed by atoms with Crippen LogP contribution in [0.15, 0.2) is 12.4 Å². The highest BCUT2D eigenvalue weighted by atomic mass is 15.2. The molecule has 1 fully saturated rings. The van der Waals surface area contributed by atoms with Gasteiger partial charge in [0.15, 0.2) is 0 Å². The first-order valence-electron chi connectivity index (χ1n) is 5.42. The molecule has 0 spiro atoms. The lowest BCUT2D eigenvalue weighted by Crippen LogP contribution is -2.52. The molecule has 4 heteroatoms. The molecular weight excluding hydrogens is 188 g/mol. The van der Waals surface area contributed by atoms with Crippen molar-refractivity contribution in [2.45, 2.75) is 25.8 Å². The van der Waals surface area contributed by atoms with Gasteiger partial charge in [-0.05, 0) is 13.0 Å². The second-order valence-corrected chi connectivity index (χ2v) is 4.55. The Morgan fingerprint density at radius 3 is 2.73 bits per heavy atom. The molecule has 1 aliphatic rings. The Bertz CT molecular complexity index is 331. The molecule has 0 unspecified atom stereocenters. The Hall–Kier alpha value is -1.16. The maximum Gasteiger partial charge on any atom is 0.129 e. The number of hydrogen-bond acceptors (Lipinski definition) is 4. The number of likely N-dealkylation sites (tertiary alicyclic amines) is 1. The molecule has 1 aromatic heterocycles. The van der Waals surface area contributed by atoms with Crippen LogP contribution < -0.4 is 5.32 Å². The summed E-state index contributed by atoms with van der Waals surface area (Å²) >= 11 is 0. The summed E-state index contributed by atoms with van der Waals surface area (Å²) in [7, 11) is 2.12. The summed E-state index contributed by atoms with van der Waals surface area (Å²) in [5.74, 6) is 1.41. The van der Waals surface area contributed by atoms with Crippen LogP contribution >= 0.6 is 0 Å². The van der Waals surface area contributed by atoms with Gasteiger partial charge in [0.25, 0.3) is 0 Å². The zero-order valence-electron chi connectivity index (χ0n) is 9.57. The molecular formula is C11H18N4. The minimum Gasteiger partial charge on any atom is -0.365 e. The summed E-state index contributed by atoms with van der Waals surface area (Å²) < 4.78 is 0. The molecule has 0 aromatic carbocycles. The second kappa shape index (κ2) is 4.14. The van der Waals surface area contributed by atoms with Gasteiger partial charge in [-0.1, -0.05) is 13.8 Å². The van der Waals surface area contributed by atoms with Crippen LogP contribution in [-0.4, -0.2) is 41.0 Å². The van der Waals surface area contributed by atoms with Crippen molar-refractivity contribution in [1.29, 1.82) is 0 Å². The lowest BCUT2D eigenvalue weighted by molar-refractivity contribution is 0.205. The van der Waals surface area contributed by atoms with Crippen LogP contribution in [0, 0.1) is 0 Å². The lowest BCUT2D eigenvalue weighted by atomic mass is 10.1. The smallest absolute Gasteiger partial charge is 0.129 e. The first-order valence-corrected chi connectivity index (χ1v) is 5.42. The quantitative estimate of drug-likeness (QED) is 0.810. The van der Waals surface area contributed by atoms with Gasteiger partial charge in [-0.15, -0.1) is 0 Å². The first-order chi connectivity index (χ1) is 7.15. The van der Waals surface area contributed by atoms with Crippen molar-refractivity contribution in [2.24, 2.45) is 0 Å². The molecule has 1 aromatic rings. The predicted molar refractivity (Wildman–Crippen MR) is 61.0 cm³/mol. The van der Waals surface area contributed by atoms with Gasteiger partial charge in [0, 0.05) is 24.8 Å². The van der Waals surface area contributed by atoms with E-state index in [1.54, 1.807) is 6.33 Å². The standard InChI is InChI=1S/C11H18N4/c1-8(2)10-4-11(13-7-12-10)14-9-5-15(3)6-9/h4,7-9H,5-6H2,1-3H3,(H,12,13,14). The van der Waals surface area contributed by atoms with Gasteiger partial charge in [0.1, 0.15) is 12.1 Å². The van der Waals surface area contributed by atoms with Gasteiger partial charge in [-0.2, -0.15) is 0 Å². The van der Waals surface area contributed by atoms with Crippen molar-refractivity contribution in [2.75, 3.05) is 25.5 Å². The summed E-state index contributed by atoms with van der Waals surface area (Å²) in [6, 6.07) is 2.59. The average Bonchev–Trinajstić information content (AvgIpc) is 2.16. The third kappa shape index (κ3) is 2.45. The average molecular weight is 206 g/mol. The van der Waals surface area contributed by atoms with Crippen LogP contribution in [0.2, 0.25) is 0 Å². The molecule has 1 N–H and O–H groups in total. The number of aromatic nitrogens is 2. The molecule has 0 amide bonds. The number of likely N-dealkylation sites (N-methyl/N-ethyl adjacent to an activating group) is 1. The van der Waals surface area contributed by atoms with E-state index in [1.807, 2.05) is 6.07 Å². The zero-order valence-corrected chi connectivity index (χ0v) is 9.57. The van der Waals surface area contributed by atoms with Crippen LogP contribution in [0.1, 0.15) is 25.5 Å². The first kappa shape index (κ1) is 10.4. The third-order valence-corrected chi connectivity index (χ3v) is 2.70. The fraction of sp³-hybridized carbons (Fsp3) is 0.636. The van der Waals surface area contributed by atoms with Crippen LogP contribution in [0.4, 0.5) is 5.82 Å². The van der Waals surface area contributed by atoms with Crippen LogP contribution in [0.25, 0.3) is 0 Å². The van der Waals surface area contributed by atoms with Crippen LogP contribution in [-0.2, 0) is 0 Å². The summed E-state index contributed by atoms with van der Waals surface area (Å²) in [6.45, 7) is 6.48. The van der Waals surface area contributed by atoms with Gasteiger partial charge in [-0.25, -0.2) is 9.97 Å². The van der Waals surface area contributed by atoms with Crippen molar-refractivity contribution in [3.05, 3.63) is 18.1 Å². The zero-order chi connectivity index (χ0) is 10.8. The van der Waals surface area contributed by atoms with Crippen molar-refractivity contribution in [3.8, 4) is 0 Å². The van der Waals surface area contributed by atoms with Gasteiger partial charge >= 0.3 is 0 Å². The number of anilines is 1. The second-order valence-electron chi connectivity index (χ2n) is 4.55. The molecule has 1 saturated heterocycles. The Morgan fingerprint density at radius 2 is 2.13 bits per heavy atom. The van der Waals surface area contributed by atoms with Gasteiger partial charge in [0.05, 0.1) is 6.04 Å². The maximum atomic E-state index is 4.24. The normalized spacial score (nSPS) is 17.9. The molecule has 2 heterocycles. The van der Waals surface area contributed by atoms with Crippen LogP contribution in [0.3, 0.4) is 0 Å². The van der Waals surface area contributed by atoms with E-state index in [9.17, 15) is 0 Å². The number of nitrogens with zero attached hydrogens (tertiary/aromatic N) is 3. The Balaban J connectivity index is 1.99. The summed E-state index contributed by atoms with van der Waals surface area (Å²) in [4.78, 5) is 10.8. The molecule has 82 valence electrons. The van der Waals surface area contributed by atoms with Crippen molar-refractivity contribution in [3.63, 3.8) is 0 Å². The molecule has 2 rings (SSSR count). The summed E-state index contributed by atoms with van der Waals surface area (Å²) in [6.07, 6.45) is 1.64. The molecule has 1 aliphatic heterocycles. The minimum atomic E-state index is 0.456. The monoisotopic (exact) mass is 206 g/mol. The van der Waals surface area contributed by atoms with Crippen molar-refractivity contribution >= 4 is 5.82 Å². The fourth-order valence-electron chi connectivity index (χ4n) is 1.77. The molecule has 0 atom stereocenters. The van der Waals surface area contributed by atoms with E-state index in [2.05, 4.69) is 41.1 Å². The predicted octanol–water partition coefficient (Wildman–Crippen LogP) is 1.33. The molecule has 15 heavy (non-hydrogen) atoms. The number of rotatable bonds is 3. The van der Waals surface area contributed by atoms with E-state index in [-0.39, 0.29) is 0 Å². The van der Waals surface area contributed by atoms with Crippen molar-refractivity contribution < 1.29 is 0 Å². The molecule has 0 radical (unpaired) electrons. The van der Waals surface area contributed by atoms with Gasteiger partial charge in [-0.3, -0.25) is 0 Å². The molecule has 0 aliphatic carbocycles. The Labute approximate surface area is 90.7 Å².